The van der Waals surface area contributed by atoms with Crippen molar-refractivity contribution in [3.8, 4) is 5.75 Å². The van der Waals surface area contributed by atoms with E-state index in [2.05, 4.69) is 10.0 Å². The minimum Gasteiger partial charge on any atom is -0.496 e. The van der Waals surface area contributed by atoms with Crippen LogP contribution in [0.2, 0.25) is 5.02 Å². The lowest BCUT2D eigenvalue weighted by Gasteiger charge is -2.10. The summed E-state index contributed by atoms with van der Waals surface area (Å²) in [5.41, 5.74) is 1.83. The van der Waals surface area contributed by atoms with Crippen LogP contribution in [0.15, 0.2) is 42.5 Å². The van der Waals surface area contributed by atoms with Crippen LogP contribution in [0.5, 0.6) is 5.75 Å². The second kappa shape index (κ2) is 8.68. The standard InChI is InChI=1S/C16H17ClN2O4S/c1-23-15-6-5-12(17)10-14(15)16(20)18-8-7-11-3-2-4-13(9-11)19-24(21)22/h2-6,9-10,19H,7-8H2,1H3,(H,18,20)(H,21,22). The molecule has 2 rings (SSSR count). The third kappa shape index (κ3) is 5.23. The topological polar surface area (TPSA) is 87.7 Å². The van der Waals surface area contributed by atoms with Crippen molar-refractivity contribution in [3.63, 3.8) is 0 Å². The minimum absolute atomic E-state index is 0.278. The molecule has 1 unspecified atom stereocenters. The summed E-state index contributed by atoms with van der Waals surface area (Å²) in [4.78, 5) is 12.2. The van der Waals surface area contributed by atoms with Crippen molar-refractivity contribution >= 4 is 34.5 Å². The molecule has 2 aromatic carbocycles. The van der Waals surface area contributed by atoms with Crippen molar-refractivity contribution in [2.45, 2.75) is 6.42 Å². The fourth-order valence-electron chi connectivity index (χ4n) is 2.16. The third-order valence-corrected chi connectivity index (χ3v) is 3.88. The molecular weight excluding hydrogens is 352 g/mol. The van der Waals surface area contributed by atoms with Crippen molar-refractivity contribution in [2.24, 2.45) is 0 Å². The first kappa shape index (κ1) is 18.3. The number of benzene rings is 2. The number of nitrogens with one attached hydrogen (secondary N) is 2. The average molecular weight is 369 g/mol. The van der Waals surface area contributed by atoms with Crippen LogP contribution in [0.1, 0.15) is 15.9 Å². The van der Waals surface area contributed by atoms with Gasteiger partial charge in [-0.15, -0.1) is 0 Å². The normalized spacial score (nSPS) is 11.6. The number of halogens is 1. The Bertz CT molecular complexity index is 755. The SMILES string of the molecule is COc1ccc(Cl)cc1C(=O)NCCc1cccc(NS(=O)O)c1. The Balaban J connectivity index is 1.96. The fourth-order valence-corrected chi connectivity index (χ4v) is 2.67. The minimum atomic E-state index is -2.11. The Morgan fingerprint density at radius 2 is 2.08 bits per heavy atom. The van der Waals surface area contributed by atoms with Gasteiger partial charge in [0.2, 0.25) is 0 Å². The van der Waals surface area contributed by atoms with Crippen LogP contribution in [0.3, 0.4) is 0 Å². The summed E-state index contributed by atoms with van der Waals surface area (Å²) in [5, 5.41) is 3.26. The highest BCUT2D eigenvalue weighted by atomic mass is 35.5. The lowest BCUT2D eigenvalue weighted by atomic mass is 10.1. The van der Waals surface area contributed by atoms with Gasteiger partial charge in [-0.2, -0.15) is 0 Å². The van der Waals surface area contributed by atoms with E-state index in [1.54, 1.807) is 36.4 Å². The number of hydrogen-bond donors (Lipinski definition) is 3. The number of carbonyl (C=O) groups is 1. The van der Waals surface area contributed by atoms with Crippen molar-refractivity contribution < 1.29 is 18.3 Å². The van der Waals surface area contributed by atoms with Gasteiger partial charge in [-0.25, -0.2) is 4.21 Å². The predicted octanol–water partition coefficient (Wildman–Crippen LogP) is 2.87. The number of hydrogen-bond acceptors (Lipinski definition) is 3. The zero-order valence-electron chi connectivity index (χ0n) is 12.9. The highest BCUT2D eigenvalue weighted by Gasteiger charge is 2.12. The molecule has 0 saturated carbocycles. The van der Waals surface area contributed by atoms with Gasteiger partial charge in [0.15, 0.2) is 0 Å². The molecule has 0 radical (unpaired) electrons. The fraction of sp³-hybridized carbons (Fsp3) is 0.188. The molecule has 0 saturated heterocycles. The summed E-state index contributed by atoms with van der Waals surface area (Å²) < 4.78 is 27.1. The molecule has 128 valence electrons. The quantitative estimate of drug-likeness (QED) is 0.656. The molecule has 0 heterocycles. The first-order chi connectivity index (χ1) is 11.5. The van der Waals surface area contributed by atoms with Crippen molar-refractivity contribution in [1.29, 1.82) is 0 Å². The molecule has 0 fully saturated rings. The number of amides is 1. The number of methoxy groups -OCH3 is 1. The van der Waals surface area contributed by atoms with Crippen LogP contribution < -0.4 is 14.8 Å². The van der Waals surface area contributed by atoms with E-state index >= 15 is 0 Å². The van der Waals surface area contributed by atoms with Crippen LogP contribution >= 0.6 is 11.6 Å². The second-order valence-electron chi connectivity index (χ2n) is 4.90. The summed E-state index contributed by atoms with van der Waals surface area (Å²) in [6.45, 7) is 0.403. The van der Waals surface area contributed by atoms with Gasteiger partial charge in [0.1, 0.15) is 5.75 Å². The molecule has 24 heavy (non-hydrogen) atoms. The lowest BCUT2D eigenvalue weighted by Crippen LogP contribution is -2.26. The first-order valence-electron chi connectivity index (χ1n) is 7.08. The van der Waals surface area contributed by atoms with Crippen LogP contribution in [-0.2, 0) is 17.7 Å². The Morgan fingerprint density at radius 1 is 1.29 bits per heavy atom. The van der Waals surface area contributed by atoms with Gasteiger partial charge >= 0.3 is 0 Å². The van der Waals surface area contributed by atoms with Crippen LogP contribution in [0.4, 0.5) is 5.69 Å². The van der Waals surface area contributed by atoms with Gasteiger partial charge in [-0.3, -0.25) is 14.1 Å². The highest BCUT2D eigenvalue weighted by Crippen LogP contribution is 2.22. The monoisotopic (exact) mass is 368 g/mol. The highest BCUT2D eigenvalue weighted by molar-refractivity contribution is 7.80. The molecule has 8 heteroatoms. The number of ether oxygens (including phenoxy) is 1. The maximum atomic E-state index is 12.2. The summed E-state index contributed by atoms with van der Waals surface area (Å²) >= 11 is 3.80. The van der Waals surface area contributed by atoms with Crippen molar-refractivity contribution in [3.05, 3.63) is 58.6 Å². The molecule has 0 aliphatic rings. The van der Waals surface area contributed by atoms with Gasteiger partial charge in [-0.05, 0) is 42.3 Å². The predicted molar refractivity (Wildman–Crippen MR) is 94.9 cm³/mol. The third-order valence-electron chi connectivity index (χ3n) is 3.24. The molecule has 0 bridgehead atoms. The van der Waals surface area contributed by atoms with E-state index in [9.17, 15) is 9.00 Å². The Hall–Kier alpha value is -2.09. The first-order valence-corrected chi connectivity index (χ1v) is 8.56. The molecular formula is C16H17ClN2O4S. The van der Waals surface area contributed by atoms with E-state index in [-0.39, 0.29) is 5.91 Å². The Morgan fingerprint density at radius 3 is 2.79 bits per heavy atom. The smallest absolute Gasteiger partial charge is 0.259 e. The van der Waals surface area contributed by atoms with E-state index in [1.165, 1.54) is 7.11 Å². The zero-order chi connectivity index (χ0) is 17.5. The van der Waals surface area contributed by atoms with E-state index in [0.717, 1.165) is 5.56 Å². The summed E-state index contributed by atoms with van der Waals surface area (Å²) in [6.07, 6.45) is 0.572. The van der Waals surface area contributed by atoms with Gasteiger partial charge in [0.25, 0.3) is 17.2 Å². The van der Waals surface area contributed by atoms with E-state index < -0.39 is 11.3 Å². The van der Waals surface area contributed by atoms with Crippen LogP contribution in [0, 0.1) is 0 Å². The molecule has 0 aromatic heterocycles. The van der Waals surface area contributed by atoms with E-state index in [4.69, 9.17) is 20.9 Å². The largest absolute Gasteiger partial charge is 0.496 e. The van der Waals surface area contributed by atoms with Gasteiger partial charge in [0.05, 0.1) is 12.7 Å². The molecule has 0 aliphatic heterocycles. The lowest BCUT2D eigenvalue weighted by molar-refractivity contribution is 0.0951. The summed E-state index contributed by atoms with van der Waals surface area (Å²) in [7, 11) is 1.49. The molecule has 2 aromatic rings. The second-order valence-corrected chi connectivity index (χ2v) is 6.04. The maximum Gasteiger partial charge on any atom is 0.259 e. The summed E-state index contributed by atoms with van der Waals surface area (Å²) in [6, 6.07) is 11.9. The Kier molecular flexibility index (Phi) is 6.60. The van der Waals surface area contributed by atoms with E-state index in [0.29, 0.717) is 35.0 Å². The Labute approximate surface area is 147 Å². The maximum absolute atomic E-state index is 12.2. The number of anilines is 1. The molecule has 0 spiro atoms. The number of carbonyl (C=O) groups excluding carboxylic acids is 1. The zero-order valence-corrected chi connectivity index (χ0v) is 14.5. The van der Waals surface area contributed by atoms with E-state index in [1.807, 2.05) is 6.07 Å². The van der Waals surface area contributed by atoms with Crippen LogP contribution in [0.25, 0.3) is 0 Å². The van der Waals surface area contributed by atoms with Gasteiger partial charge < -0.3 is 10.1 Å². The molecule has 1 atom stereocenters. The van der Waals surface area contributed by atoms with Crippen molar-refractivity contribution in [2.75, 3.05) is 18.4 Å². The molecule has 1 amide bonds. The molecule has 3 N–H and O–H groups in total. The van der Waals surface area contributed by atoms with Crippen molar-refractivity contribution in [1.82, 2.24) is 5.32 Å². The molecule has 0 aliphatic carbocycles. The van der Waals surface area contributed by atoms with Gasteiger partial charge in [0, 0.05) is 17.3 Å². The summed E-state index contributed by atoms with van der Waals surface area (Å²) in [5.74, 6) is 0.175. The van der Waals surface area contributed by atoms with Crippen LogP contribution in [-0.4, -0.2) is 28.3 Å². The average Bonchev–Trinajstić information content (AvgIpc) is 2.54. The van der Waals surface area contributed by atoms with Gasteiger partial charge in [-0.1, -0.05) is 23.7 Å². The number of rotatable bonds is 7. The molecule has 6 nitrogen and oxygen atoms in total.